The van der Waals surface area contributed by atoms with Crippen molar-refractivity contribution in [1.82, 2.24) is 4.57 Å². The van der Waals surface area contributed by atoms with E-state index in [0.29, 0.717) is 5.56 Å². The first-order chi connectivity index (χ1) is 9.27. The first-order valence-corrected chi connectivity index (χ1v) is 5.79. The van der Waals surface area contributed by atoms with Gasteiger partial charge in [-0.25, -0.2) is 4.39 Å². The van der Waals surface area contributed by atoms with Gasteiger partial charge in [-0.1, -0.05) is 6.07 Å². The van der Waals surface area contributed by atoms with Crippen LogP contribution in [0, 0.1) is 12.7 Å². The third-order valence-electron chi connectivity index (χ3n) is 2.93. The monoisotopic (exact) mass is 285 g/mol. The fourth-order valence-electron chi connectivity index (χ4n) is 1.84. The zero-order chi connectivity index (χ0) is 14.9. The van der Waals surface area contributed by atoms with Gasteiger partial charge in [0.05, 0.1) is 0 Å². The van der Waals surface area contributed by atoms with Crippen LogP contribution in [-0.4, -0.2) is 16.5 Å². The molecule has 6 heteroatoms. The molecule has 20 heavy (non-hydrogen) atoms. The summed E-state index contributed by atoms with van der Waals surface area (Å²) < 4.78 is 51.4. The predicted octanol–water partition coefficient (Wildman–Crippen LogP) is 3.73. The maximum absolute atomic E-state index is 13.1. The van der Waals surface area contributed by atoms with E-state index in [2.05, 4.69) is 0 Å². The molecule has 1 aromatic carbocycles. The van der Waals surface area contributed by atoms with Crippen molar-refractivity contribution in [3.63, 3.8) is 0 Å². The number of hydrogen-bond acceptors (Lipinski definition) is 1. The molecule has 0 atom stereocenters. The van der Waals surface area contributed by atoms with E-state index in [1.165, 1.54) is 22.9 Å². The molecule has 0 fully saturated rings. The Morgan fingerprint density at radius 2 is 1.95 bits per heavy atom. The number of Topliss-reactive ketones (excluding diaryl/α,β-unsaturated/α-hetero) is 1. The first-order valence-electron chi connectivity index (χ1n) is 5.79. The third kappa shape index (κ3) is 3.07. The molecule has 0 aliphatic heterocycles. The summed E-state index contributed by atoms with van der Waals surface area (Å²) in [4.78, 5) is 11.1. The van der Waals surface area contributed by atoms with Crippen molar-refractivity contribution in [2.24, 2.45) is 0 Å². The largest absolute Gasteiger partial charge is 0.454 e. The van der Waals surface area contributed by atoms with Gasteiger partial charge in [0.2, 0.25) is 0 Å². The van der Waals surface area contributed by atoms with E-state index in [1.54, 1.807) is 13.0 Å². The van der Waals surface area contributed by atoms with Crippen molar-refractivity contribution in [2.45, 2.75) is 19.6 Å². The molecule has 0 N–H and O–H groups in total. The molecule has 2 aromatic rings. The second kappa shape index (κ2) is 5.11. The molecule has 0 spiro atoms. The van der Waals surface area contributed by atoms with Crippen LogP contribution >= 0.6 is 0 Å². The van der Waals surface area contributed by atoms with Crippen LogP contribution in [0.25, 0.3) is 0 Å². The number of halogens is 4. The van der Waals surface area contributed by atoms with E-state index in [9.17, 15) is 22.4 Å². The standard InChI is InChI=1S/C14H11F4NO/c1-9-2-3-12(15)6-11(9)8-19-5-4-10(7-19)13(20)14(16,17)18/h2-7H,8H2,1H3. The molecule has 0 aliphatic carbocycles. The maximum atomic E-state index is 13.1. The summed E-state index contributed by atoms with van der Waals surface area (Å²) in [6.45, 7) is 1.98. The van der Waals surface area contributed by atoms with Gasteiger partial charge in [-0.05, 0) is 36.2 Å². The number of carbonyl (C=O) groups excluding carboxylic acids is 1. The number of alkyl halides is 3. The molecule has 1 aromatic heterocycles. The number of hydrogen-bond donors (Lipinski definition) is 0. The minimum Gasteiger partial charge on any atom is -0.349 e. The highest BCUT2D eigenvalue weighted by Gasteiger charge is 2.39. The van der Waals surface area contributed by atoms with Crippen molar-refractivity contribution in [3.05, 3.63) is 59.2 Å². The topological polar surface area (TPSA) is 22.0 Å². The van der Waals surface area contributed by atoms with Crippen molar-refractivity contribution in [2.75, 3.05) is 0 Å². The smallest absolute Gasteiger partial charge is 0.349 e. The molecular formula is C14H11F4NO. The Morgan fingerprint density at radius 1 is 1.25 bits per heavy atom. The van der Waals surface area contributed by atoms with Gasteiger partial charge in [0.1, 0.15) is 5.82 Å². The van der Waals surface area contributed by atoms with Gasteiger partial charge in [-0.15, -0.1) is 0 Å². The maximum Gasteiger partial charge on any atom is 0.454 e. The number of benzene rings is 1. The van der Waals surface area contributed by atoms with Crippen molar-refractivity contribution in [1.29, 1.82) is 0 Å². The van der Waals surface area contributed by atoms with Crippen LogP contribution in [0.5, 0.6) is 0 Å². The Labute approximate surface area is 112 Å². The molecule has 2 rings (SSSR count). The van der Waals surface area contributed by atoms with E-state index >= 15 is 0 Å². The van der Waals surface area contributed by atoms with Crippen LogP contribution in [0.1, 0.15) is 21.5 Å². The Balaban J connectivity index is 2.22. The van der Waals surface area contributed by atoms with E-state index in [-0.39, 0.29) is 6.54 Å². The Bertz CT molecular complexity index is 643. The van der Waals surface area contributed by atoms with Gasteiger partial charge in [-0.2, -0.15) is 13.2 Å². The highest BCUT2D eigenvalue weighted by atomic mass is 19.4. The molecule has 2 nitrogen and oxygen atoms in total. The fourth-order valence-corrected chi connectivity index (χ4v) is 1.84. The molecule has 0 saturated heterocycles. The van der Waals surface area contributed by atoms with Gasteiger partial charge in [0.25, 0.3) is 5.78 Å². The average Bonchev–Trinajstić information content (AvgIpc) is 2.80. The Kier molecular flexibility index (Phi) is 3.65. The van der Waals surface area contributed by atoms with Crippen LogP contribution < -0.4 is 0 Å². The van der Waals surface area contributed by atoms with Crippen molar-refractivity contribution >= 4 is 5.78 Å². The number of aromatic nitrogens is 1. The van der Waals surface area contributed by atoms with E-state index in [0.717, 1.165) is 17.8 Å². The zero-order valence-electron chi connectivity index (χ0n) is 10.5. The molecule has 0 amide bonds. The second-order valence-electron chi connectivity index (χ2n) is 4.47. The van der Waals surface area contributed by atoms with E-state index < -0.39 is 23.3 Å². The summed E-state index contributed by atoms with van der Waals surface area (Å²) in [7, 11) is 0. The van der Waals surface area contributed by atoms with E-state index in [4.69, 9.17) is 0 Å². The number of ketones is 1. The summed E-state index contributed by atoms with van der Waals surface area (Å²) in [5.41, 5.74) is 1.04. The summed E-state index contributed by atoms with van der Waals surface area (Å²) in [6.07, 6.45) is -2.41. The lowest BCUT2D eigenvalue weighted by Crippen LogP contribution is -2.22. The van der Waals surface area contributed by atoms with Gasteiger partial charge in [0, 0.05) is 24.5 Å². The summed E-state index contributed by atoms with van der Waals surface area (Å²) in [5, 5.41) is 0. The molecular weight excluding hydrogens is 274 g/mol. The molecule has 0 aliphatic rings. The minimum atomic E-state index is -4.89. The van der Waals surface area contributed by atoms with Crippen molar-refractivity contribution in [3.8, 4) is 0 Å². The molecule has 1 heterocycles. The lowest BCUT2D eigenvalue weighted by Gasteiger charge is -2.07. The molecule has 0 radical (unpaired) electrons. The molecule has 0 unspecified atom stereocenters. The van der Waals surface area contributed by atoms with Gasteiger partial charge in [0.15, 0.2) is 0 Å². The van der Waals surface area contributed by atoms with Crippen LogP contribution in [0.4, 0.5) is 17.6 Å². The summed E-state index contributed by atoms with van der Waals surface area (Å²) in [6, 6.07) is 5.33. The zero-order valence-corrected chi connectivity index (χ0v) is 10.5. The third-order valence-corrected chi connectivity index (χ3v) is 2.93. The van der Waals surface area contributed by atoms with Crippen LogP contribution in [0.2, 0.25) is 0 Å². The quantitative estimate of drug-likeness (QED) is 0.622. The normalized spacial score (nSPS) is 11.7. The van der Waals surface area contributed by atoms with Crippen LogP contribution in [0.3, 0.4) is 0 Å². The van der Waals surface area contributed by atoms with Gasteiger partial charge in [-0.3, -0.25) is 4.79 Å². The average molecular weight is 285 g/mol. The Hall–Kier alpha value is -2.11. The highest BCUT2D eigenvalue weighted by molar-refractivity contribution is 6.00. The lowest BCUT2D eigenvalue weighted by molar-refractivity contribution is -0.0885. The Morgan fingerprint density at radius 3 is 2.60 bits per heavy atom. The van der Waals surface area contributed by atoms with Gasteiger partial charge >= 0.3 is 6.18 Å². The summed E-state index contributed by atoms with van der Waals surface area (Å²) >= 11 is 0. The summed E-state index contributed by atoms with van der Waals surface area (Å²) in [5.74, 6) is -2.29. The number of aryl methyl sites for hydroxylation is 1. The van der Waals surface area contributed by atoms with E-state index in [1.807, 2.05) is 0 Å². The molecule has 0 bridgehead atoms. The van der Waals surface area contributed by atoms with Crippen molar-refractivity contribution < 1.29 is 22.4 Å². The first kappa shape index (κ1) is 14.3. The second-order valence-corrected chi connectivity index (χ2v) is 4.47. The predicted molar refractivity (Wildman–Crippen MR) is 65.1 cm³/mol. The molecule has 106 valence electrons. The SMILES string of the molecule is Cc1ccc(F)cc1Cn1ccc(C(=O)C(F)(F)F)c1. The highest BCUT2D eigenvalue weighted by Crippen LogP contribution is 2.22. The number of carbonyl (C=O) groups is 1. The fraction of sp³-hybridized carbons (Fsp3) is 0.214. The lowest BCUT2D eigenvalue weighted by atomic mass is 10.1. The number of nitrogens with zero attached hydrogens (tertiary/aromatic N) is 1. The molecule has 0 saturated carbocycles. The van der Waals surface area contributed by atoms with Crippen LogP contribution in [0.15, 0.2) is 36.7 Å². The van der Waals surface area contributed by atoms with Gasteiger partial charge < -0.3 is 4.57 Å². The van der Waals surface area contributed by atoms with Crippen LogP contribution in [-0.2, 0) is 6.54 Å². The minimum absolute atomic E-state index is 0.203. The number of rotatable bonds is 3.